The number of carbonyl (C=O) groups excluding carboxylic acids is 4. The minimum atomic E-state index is -3.80. The van der Waals surface area contributed by atoms with Gasteiger partial charge in [-0.3, -0.25) is 4.79 Å². The normalized spacial score (nSPS) is 13.4. The van der Waals surface area contributed by atoms with Gasteiger partial charge < -0.3 is 14.2 Å². The number of benzene rings is 1. The fraction of sp³-hybridized carbons (Fsp3) is 0.524. The Morgan fingerprint density at radius 2 is 1.59 bits per heavy atom. The Morgan fingerprint density at radius 3 is 2.06 bits per heavy atom. The summed E-state index contributed by atoms with van der Waals surface area (Å²) < 4.78 is 31.7. The van der Waals surface area contributed by atoms with E-state index in [1.165, 1.54) is 66.7 Å². The maximum atomic E-state index is 16.4. The largest absolute Gasteiger partial charge is 0.462 e. The number of ketones is 1. The Bertz CT molecular complexity index is 880. The molecule has 0 aliphatic rings. The molecule has 32 heavy (non-hydrogen) atoms. The quantitative estimate of drug-likeness (QED) is 0.152. The fourth-order valence-corrected chi connectivity index (χ4v) is 2.68. The number of hydrazine groups is 1. The van der Waals surface area contributed by atoms with Crippen LogP contribution in [0.2, 0.25) is 0 Å². The highest BCUT2D eigenvalue weighted by atomic mass is 79.9. The zero-order valence-electron chi connectivity index (χ0n) is 19.1. The van der Waals surface area contributed by atoms with Crippen molar-refractivity contribution in [3.63, 3.8) is 0 Å². The summed E-state index contributed by atoms with van der Waals surface area (Å²) >= 11 is 3.16. The number of carbonyl (C=O) groups is 4. The molecule has 0 aliphatic carbocycles. The molecule has 0 heterocycles. The number of hydrogen-bond acceptors (Lipinski definition) is 7. The molecule has 1 aromatic rings. The molecule has 178 valence electrons. The summed E-state index contributed by atoms with van der Waals surface area (Å²) in [5, 5.41) is -0.145. The first-order valence-electron chi connectivity index (χ1n) is 9.70. The van der Waals surface area contributed by atoms with Gasteiger partial charge in [-0.15, -0.1) is 0 Å². The lowest BCUT2D eigenvalue weighted by Gasteiger charge is -2.35. The van der Waals surface area contributed by atoms with Crippen LogP contribution in [-0.4, -0.2) is 52.5 Å². The lowest BCUT2D eigenvalue weighted by atomic mass is 10.0. The Kier molecular flexibility index (Phi) is 8.79. The average Bonchev–Trinajstić information content (AvgIpc) is 2.62. The molecule has 9 nitrogen and oxygen atoms in total. The third kappa shape index (κ3) is 7.47. The van der Waals surface area contributed by atoms with Crippen LogP contribution in [0.4, 0.5) is 14.0 Å². The zero-order chi connectivity index (χ0) is 24.9. The second-order valence-corrected chi connectivity index (χ2v) is 9.53. The number of esters is 1. The second kappa shape index (κ2) is 10.3. The number of hydrogen-bond donors (Lipinski definition) is 1. The second-order valence-electron chi connectivity index (χ2n) is 8.61. The van der Waals surface area contributed by atoms with Gasteiger partial charge in [-0.1, -0.05) is 28.1 Å². The van der Waals surface area contributed by atoms with Crippen LogP contribution in [0, 0.1) is 0 Å². The molecule has 0 spiro atoms. The van der Waals surface area contributed by atoms with Gasteiger partial charge in [0.1, 0.15) is 11.2 Å². The summed E-state index contributed by atoms with van der Waals surface area (Å²) in [7, 11) is 0. The number of amides is 2. The van der Waals surface area contributed by atoms with Gasteiger partial charge in [0.25, 0.3) is 0 Å². The van der Waals surface area contributed by atoms with Crippen molar-refractivity contribution in [1.29, 1.82) is 0 Å². The van der Waals surface area contributed by atoms with E-state index in [0.29, 0.717) is 4.47 Å². The number of ether oxygens (including phenoxy) is 3. The van der Waals surface area contributed by atoms with Gasteiger partial charge in [-0.05, 0) is 60.6 Å². The van der Waals surface area contributed by atoms with Crippen molar-refractivity contribution in [2.24, 2.45) is 0 Å². The molecule has 2 amide bonds. The molecule has 1 atom stereocenters. The molecular weight excluding hydrogens is 491 g/mol. The Hall–Kier alpha value is -2.69. The number of Topliss-reactive ketones (excluding diaryl/α,β-unsaturated/α-hetero) is 1. The molecule has 0 aliphatic heterocycles. The maximum absolute atomic E-state index is 16.4. The highest BCUT2D eigenvalue weighted by Crippen LogP contribution is 2.28. The average molecular weight is 519 g/mol. The molecule has 0 saturated heterocycles. The predicted molar refractivity (Wildman–Crippen MR) is 116 cm³/mol. The number of nitrogens with one attached hydrogen (secondary N) is 1. The molecule has 0 fully saturated rings. The molecule has 1 rings (SSSR count). The Labute approximate surface area is 194 Å². The van der Waals surface area contributed by atoms with Crippen LogP contribution in [0.3, 0.4) is 0 Å². The van der Waals surface area contributed by atoms with Crippen LogP contribution in [0.1, 0.15) is 58.8 Å². The van der Waals surface area contributed by atoms with Crippen molar-refractivity contribution in [1.82, 2.24) is 10.4 Å². The van der Waals surface area contributed by atoms with Crippen LogP contribution < -0.4 is 5.43 Å². The summed E-state index contributed by atoms with van der Waals surface area (Å²) in [6.07, 6.45) is -2.81. The molecular formula is C21H28BrFN2O7. The van der Waals surface area contributed by atoms with Crippen molar-refractivity contribution in [2.75, 3.05) is 6.61 Å². The summed E-state index contributed by atoms with van der Waals surface area (Å²) in [5.74, 6) is -6.97. The highest BCUT2D eigenvalue weighted by Gasteiger charge is 2.58. The van der Waals surface area contributed by atoms with E-state index in [1.54, 1.807) is 6.07 Å². The Morgan fingerprint density at radius 1 is 1.03 bits per heavy atom. The lowest BCUT2D eigenvalue weighted by molar-refractivity contribution is -0.167. The molecule has 0 aromatic heterocycles. The van der Waals surface area contributed by atoms with Crippen molar-refractivity contribution in [3.8, 4) is 0 Å². The maximum Gasteiger partial charge on any atom is 0.433 e. The van der Waals surface area contributed by atoms with Gasteiger partial charge in [-0.2, -0.15) is 9.40 Å². The monoisotopic (exact) mass is 518 g/mol. The lowest BCUT2D eigenvalue weighted by Crippen LogP contribution is -2.66. The van der Waals surface area contributed by atoms with E-state index in [1.807, 2.05) is 5.43 Å². The minimum absolute atomic E-state index is 0.145. The molecule has 0 saturated carbocycles. The van der Waals surface area contributed by atoms with Crippen LogP contribution in [-0.2, 0) is 19.0 Å². The third-order valence-electron chi connectivity index (χ3n) is 3.42. The highest BCUT2D eigenvalue weighted by molar-refractivity contribution is 9.10. The zero-order valence-corrected chi connectivity index (χ0v) is 20.7. The van der Waals surface area contributed by atoms with Gasteiger partial charge in [-0.25, -0.2) is 19.8 Å². The van der Waals surface area contributed by atoms with E-state index in [0.717, 1.165) is 0 Å². The summed E-state index contributed by atoms with van der Waals surface area (Å²) in [5.41, 5.74) is -0.619. The van der Waals surface area contributed by atoms with E-state index in [4.69, 9.17) is 14.2 Å². The van der Waals surface area contributed by atoms with E-state index in [-0.39, 0.29) is 17.2 Å². The van der Waals surface area contributed by atoms with Gasteiger partial charge in [0, 0.05) is 10.0 Å². The van der Waals surface area contributed by atoms with Crippen molar-refractivity contribution >= 4 is 39.9 Å². The van der Waals surface area contributed by atoms with Crippen LogP contribution in [0.5, 0.6) is 0 Å². The van der Waals surface area contributed by atoms with Gasteiger partial charge in [0.2, 0.25) is 5.78 Å². The van der Waals surface area contributed by atoms with Crippen LogP contribution in [0.25, 0.3) is 0 Å². The first-order chi connectivity index (χ1) is 14.5. The third-order valence-corrected chi connectivity index (χ3v) is 3.91. The molecule has 0 bridgehead atoms. The standard InChI is InChI=1S/C21H28BrFN2O7/c1-8-30-16(27)21(23,15(26)13-10-9-11-14(22)12-13)25(18(29)32-20(5,6)7)24-17(28)31-19(2,3)4/h9-12H,8H2,1-7H3,(H,24,28). The molecule has 0 radical (unpaired) electrons. The van der Waals surface area contributed by atoms with Crippen molar-refractivity contribution in [3.05, 3.63) is 34.3 Å². The molecule has 1 N–H and O–H groups in total. The van der Waals surface area contributed by atoms with E-state index in [2.05, 4.69) is 15.9 Å². The summed E-state index contributed by atoms with van der Waals surface area (Å²) in [6, 6.07) is 5.49. The summed E-state index contributed by atoms with van der Waals surface area (Å²) in [6.45, 7) is 10.1. The predicted octanol–water partition coefficient (Wildman–Crippen LogP) is 4.54. The minimum Gasteiger partial charge on any atom is -0.462 e. The number of rotatable bonds is 5. The van der Waals surface area contributed by atoms with E-state index >= 15 is 4.39 Å². The van der Waals surface area contributed by atoms with Gasteiger partial charge >= 0.3 is 23.9 Å². The molecule has 11 heteroatoms. The number of halogens is 2. The number of nitrogens with zero attached hydrogens (tertiary/aromatic N) is 1. The first kappa shape index (κ1) is 27.3. The van der Waals surface area contributed by atoms with E-state index < -0.39 is 40.9 Å². The smallest absolute Gasteiger partial charge is 0.433 e. The SMILES string of the molecule is CCOC(=O)C(F)(C(=O)c1cccc(Br)c1)N(NC(=O)OC(C)(C)C)C(=O)OC(C)(C)C. The van der Waals surface area contributed by atoms with E-state index in [9.17, 15) is 19.2 Å². The number of alkyl halides is 1. The Balaban J connectivity index is 3.60. The van der Waals surface area contributed by atoms with Gasteiger partial charge in [0.05, 0.1) is 6.61 Å². The topological polar surface area (TPSA) is 111 Å². The van der Waals surface area contributed by atoms with Crippen molar-refractivity contribution < 1.29 is 37.8 Å². The van der Waals surface area contributed by atoms with Crippen LogP contribution in [0.15, 0.2) is 28.7 Å². The van der Waals surface area contributed by atoms with Gasteiger partial charge in [0.15, 0.2) is 0 Å². The first-order valence-corrected chi connectivity index (χ1v) is 10.5. The summed E-state index contributed by atoms with van der Waals surface area (Å²) in [4.78, 5) is 51.0. The fourth-order valence-electron chi connectivity index (χ4n) is 2.28. The van der Waals surface area contributed by atoms with Crippen molar-refractivity contribution in [2.45, 2.75) is 65.5 Å². The molecule has 1 aromatic carbocycles. The van der Waals surface area contributed by atoms with Crippen LogP contribution >= 0.6 is 15.9 Å². The molecule has 1 unspecified atom stereocenters.